The molecule has 4 rings (SSSR count). The number of methoxy groups -OCH3 is 2. The van der Waals surface area contributed by atoms with Crippen LogP contribution in [0.3, 0.4) is 0 Å². The van der Waals surface area contributed by atoms with Crippen LogP contribution in [0.2, 0.25) is 0 Å². The minimum Gasteiger partial charge on any atom is -0.497 e. The summed E-state index contributed by atoms with van der Waals surface area (Å²) in [4.78, 5) is 17.6. The molecule has 0 spiro atoms. The number of aromatic nitrogens is 3. The number of nitrogens with one attached hydrogen (secondary N) is 1. The van der Waals surface area contributed by atoms with Crippen LogP contribution < -0.4 is 14.8 Å². The molecule has 0 saturated carbocycles. The Morgan fingerprint density at radius 1 is 1.03 bits per heavy atom. The molecule has 0 bridgehead atoms. The normalized spacial score (nSPS) is 10.9. The number of carbonyl (C=O) groups is 1. The molecule has 0 unspecified atom stereocenters. The number of ether oxygens (including phenoxy) is 2. The maximum absolute atomic E-state index is 13.2. The third-order valence-electron chi connectivity index (χ3n) is 5.76. The van der Waals surface area contributed by atoms with Crippen LogP contribution in [0.5, 0.6) is 11.6 Å². The topological polar surface area (TPSA) is 78.3 Å². The van der Waals surface area contributed by atoms with Gasteiger partial charge in [-0.1, -0.05) is 30.3 Å². The predicted molar refractivity (Wildman–Crippen MR) is 129 cm³/mol. The van der Waals surface area contributed by atoms with E-state index >= 15 is 0 Å². The first-order valence-electron chi connectivity index (χ1n) is 10.9. The second-order valence-electron chi connectivity index (χ2n) is 7.90. The molecule has 2 aromatic heterocycles. The maximum atomic E-state index is 13.2. The van der Waals surface area contributed by atoms with Gasteiger partial charge in [-0.05, 0) is 50.5 Å². The van der Waals surface area contributed by atoms with Crippen LogP contribution in [0, 0.1) is 13.8 Å². The number of hydrogen-bond donors (Lipinski definition) is 1. The maximum Gasteiger partial charge on any atom is 0.256 e. The van der Waals surface area contributed by atoms with Gasteiger partial charge in [0.1, 0.15) is 5.75 Å². The molecule has 0 saturated heterocycles. The Morgan fingerprint density at radius 3 is 2.52 bits per heavy atom. The molecule has 0 atom stereocenters. The second-order valence-corrected chi connectivity index (χ2v) is 7.90. The molecule has 7 nitrogen and oxygen atoms in total. The van der Waals surface area contributed by atoms with E-state index in [2.05, 4.69) is 27.5 Å². The lowest BCUT2D eigenvalue weighted by Gasteiger charge is -2.10. The van der Waals surface area contributed by atoms with Crippen molar-refractivity contribution in [3.8, 4) is 11.6 Å². The monoisotopic (exact) mass is 444 g/mol. The van der Waals surface area contributed by atoms with Gasteiger partial charge in [0.25, 0.3) is 5.91 Å². The van der Waals surface area contributed by atoms with E-state index in [1.54, 1.807) is 20.3 Å². The average molecular weight is 445 g/mol. The second kappa shape index (κ2) is 9.73. The predicted octanol–water partition coefficient (Wildman–Crippen LogP) is 4.95. The number of nitrogens with zero attached hydrogens (tertiary/aromatic N) is 3. The molecule has 1 N–H and O–H groups in total. The van der Waals surface area contributed by atoms with E-state index in [4.69, 9.17) is 9.47 Å². The fourth-order valence-corrected chi connectivity index (χ4v) is 3.95. The van der Waals surface area contributed by atoms with Crippen molar-refractivity contribution in [2.75, 3.05) is 19.5 Å². The van der Waals surface area contributed by atoms with Gasteiger partial charge in [0.05, 0.1) is 42.4 Å². The summed E-state index contributed by atoms with van der Waals surface area (Å²) in [7, 11) is 3.21. The molecule has 33 heavy (non-hydrogen) atoms. The quantitative estimate of drug-likeness (QED) is 0.416. The third-order valence-corrected chi connectivity index (χ3v) is 5.76. The van der Waals surface area contributed by atoms with Crippen molar-refractivity contribution in [1.82, 2.24) is 14.8 Å². The number of carbonyl (C=O) groups excluding carboxylic acids is 1. The summed E-state index contributed by atoms with van der Waals surface area (Å²) >= 11 is 0. The molecule has 0 radical (unpaired) electrons. The molecule has 4 aromatic rings. The molecule has 2 aromatic carbocycles. The van der Waals surface area contributed by atoms with Crippen LogP contribution in [0.15, 0.2) is 54.6 Å². The van der Waals surface area contributed by atoms with Gasteiger partial charge >= 0.3 is 0 Å². The number of anilines is 1. The van der Waals surface area contributed by atoms with E-state index in [1.807, 2.05) is 54.9 Å². The van der Waals surface area contributed by atoms with E-state index in [0.29, 0.717) is 17.0 Å². The van der Waals surface area contributed by atoms with Crippen molar-refractivity contribution in [3.05, 3.63) is 77.1 Å². The van der Waals surface area contributed by atoms with Crippen molar-refractivity contribution in [3.63, 3.8) is 0 Å². The zero-order chi connectivity index (χ0) is 23.4. The van der Waals surface area contributed by atoms with Crippen LogP contribution in [0.1, 0.15) is 33.7 Å². The number of para-hydroxylation sites is 1. The molecule has 7 heteroatoms. The number of rotatable bonds is 8. The first-order chi connectivity index (χ1) is 16.0. The van der Waals surface area contributed by atoms with Crippen molar-refractivity contribution < 1.29 is 14.3 Å². The first kappa shape index (κ1) is 22.3. The largest absolute Gasteiger partial charge is 0.497 e. The Morgan fingerprint density at radius 2 is 1.79 bits per heavy atom. The van der Waals surface area contributed by atoms with Gasteiger partial charge in [-0.25, -0.2) is 4.98 Å². The molecule has 170 valence electrons. The van der Waals surface area contributed by atoms with Crippen LogP contribution in [0.4, 0.5) is 5.69 Å². The van der Waals surface area contributed by atoms with Crippen LogP contribution in [-0.2, 0) is 13.0 Å². The molecule has 0 aliphatic carbocycles. The molecular formula is C26H28N4O3. The third kappa shape index (κ3) is 4.82. The lowest BCUT2D eigenvalue weighted by Crippen LogP contribution is -2.14. The Hall–Kier alpha value is -3.87. The molecule has 0 aliphatic rings. The number of fused-ring (bicyclic) bond motifs is 1. The van der Waals surface area contributed by atoms with E-state index in [0.717, 1.165) is 47.6 Å². The molecule has 1 amide bonds. The lowest BCUT2D eigenvalue weighted by molar-refractivity contribution is 0.102. The summed E-state index contributed by atoms with van der Waals surface area (Å²) in [5.41, 5.74) is 4.94. The Bertz CT molecular complexity index is 1280. The van der Waals surface area contributed by atoms with Gasteiger partial charge in [0, 0.05) is 18.0 Å². The molecular weight excluding hydrogens is 416 g/mol. The van der Waals surface area contributed by atoms with Gasteiger partial charge in [0.15, 0.2) is 0 Å². The summed E-state index contributed by atoms with van der Waals surface area (Å²) < 4.78 is 12.5. The van der Waals surface area contributed by atoms with E-state index < -0.39 is 0 Å². The van der Waals surface area contributed by atoms with Crippen molar-refractivity contribution in [2.45, 2.75) is 33.2 Å². The molecule has 0 aliphatic heterocycles. The van der Waals surface area contributed by atoms with Gasteiger partial charge in [-0.2, -0.15) is 5.10 Å². The van der Waals surface area contributed by atoms with Crippen molar-refractivity contribution in [2.24, 2.45) is 0 Å². The zero-order valence-corrected chi connectivity index (χ0v) is 19.4. The van der Waals surface area contributed by atoms with E-state index in [-0.39, 0.29) is 5.91 Å². The van der Waals surface area contributed by atoms with Gasteiger partial charge in [0.2, 0.25) is 5.88 Å². The van der Waals surface area contributed by atoms with Gasteiger partial charge in [-0.15, -0.1) is 0 Å². The molecule has 2 heterocycles. The summed E-state index contributed by atoms with van der Waals surface area (Å²) in [6, 6.07) is 17.3. The highest BCUT2D eigenvalue weighted by Crippen LogP contribution is 2.25. The van der Waals surface area contributed by atoms with Crippen LogP contribution >= 0.6 is 0 Å². The van der Waals surface area contributed by atoms with Crippen LogP contribution in [0.25, 0.3) is 10.9 Å². The number of aryl methyl sites for hydroxylation is 3. The summed E-state index contributed by atoms with van der Waals surface area (Å²) in [5.74, 6) is 1.05. The lowest BCUT2D eigenvalue weighted by atomic mass is 10.1. The Kier molecular flexibility index (Phi) is 6.58. The standard InChI is InChI=1S/C26H28N4O3/c1-17-25(18(2)30(29-17)15-7-8-19-11-13-20(32-3)14-12-19)28-26(31)22-16-24(33-4)27-23-10-6-5-9-21(22)23/h5-6,9-14,16H,7-8,15H2,1-4H3,(H,28,31). The van der Waals surface area contributed by atoms with E-state index in [9.17, 15) is 4.79 Å². The Labute approximate surface area is 193 Å². The SMILES string of the molecule is COc1ccc(CCCn2nc(C)c(NC(=O)c3cc(OC)nc4ccccc34)c2C)cc1. The van der Waals surface area contributed by atoms with E-state index in [1.165, 1.54) is 5.56 Å². The van der Waals surface area contributed by atoms with Gasteiger partial charge < -0.3 is 14.8 Å². The highest BCUT2D eigenvalue weighted by molar-refractivity contribution is 6.13. The van der Waals surface area contributed by atoms with Crippen molar-refractivity contribution >= 4 is 22.5 Å². The minimum absolute atomic E-state index is 0.212. The fourth-order valence-electron chi connectivity index (χ4n) is 3.95. The fraction of sp³-hybridized carbons (Fsp3) is 0.269. The van der Waals surface area contributed by atoms with Gasteiger partial charge in [-0.3, -0.25) is 9.48 Å². The van der Waals surface area contributed by atoms with Crippen LogP contribution in [-0.4, -0.2) is 34.9 Å². The summed E-state index contributed by atoms with van der Waals surface area (Å²) in [6.07, 6.45) is 1.88. The number of hydrogen-bond acceptors (Lipinski definition) is 5. The first-order valence-corrected chi connectivity index (χ1v) is 10.9. The number of pyridine rings is 1. The minimum atomic E-state index is -0.212. The summed E-state index contributed by atoms with van der Waals surface area (Å²) in [5, 5.41) is 8.49. The highest BCUT2D eigenvalue weighted by Gasteiger charge is 2.18. The number of amides is 1. The van der Waals surface area contributed by atoms with Crippen molar-refractivity contribution in [1.29, 1.82) is 0 Å². The zero-order valence-electron chi connectivity index (χ0n) is 19.4. The number of benzene rings is 2. The average Bonchev–Trinajstić information content (AvgIpc) is 3.11. The highest BCUT2D eigenvalue weighted by atomic mass is 16.5. The summed E-state index contributed by atoms with van der Waals surface area (Å²) in [6.45, 7) is 4.66. The Balaban J connectivity index is 1.49. The smallest absolute Gasteiger partial charge is 0.256 e. The molecule has 0 fully saturated rings.